The van der Waals surface area contributed by atoms with E-state index < -0.39 is 0 Å². The lowest BCUT2D eigenvalue weighted by Gasteiger charge is -2.17. The Balaban J connectivity index is 2.27. The van der Waals surface area contributed by atoms with Gasteiger partial charge in [-0.2, -0.15) is 0 Å². The van der Waals surface area contributed by atoms with Gasteiger partial charge in [0.05, 0.1) is 0 Å². The summed E-state index contributed by atoms with van der Waals surface area (Å²) in [6, 6.07) is 5.65. The van der Waals surface area contributed by atoms with E-state index in [1.165, 1.54) is 6.08 Å². The van der Waals surface area contributed by atoms with E-state index in [0.717, 1.165) is 24.2 Å². The Morgan fingerprint density at radius 1 is 1.50 bits per heavy atom. The number of fused-ring (bicyclic) bond motifs is 1. The van der Waals surface area contributed by atoms with Gasteiger partial charge >= 0.3 is 0 Å². The Labute approximate surface area is 106 Å². The summed E-state index contributed by atoms with van der Waals surface area (Å²) in [6.45, 7) is 5.98. The largest absolute Gasteiger partial charge is 0.322 e. The molecule has 1 N–H and O–H groups in total. The van der Waals surface area contributed by atoms with Crippen LogP contribution in [0.25, 0.3) is 0 Å². The fourth-order valence-corrected chi connectivity index (χ4v) is 2.10. The first kappa shape index (κ1) is 12.4. The predicted octanol–water partition coefficient (Wildman–Crippen LogP) is 2.11. The lowest BCUT2D eigenvalue weighted by atomic mass is 10.1. The molecule has 0 radical (unpaired) electrons. The Bertz CT molecular complexity index is 509. The molecular weight excluding hydrogens is 228 g/mol. The summed E-state index contributed by atoms with van der Waals surface area (Å²) in [5.74, 6) is -0.137. The van der Waals surface area contributed by atoms with Crippen molar-refractivity contribution in [1.82, 2.24) is 0 Å². The molecule has 0 saturated heterocycles. The second-order valence-corrected chi connectivity index (χ2v) is 4.19. The van der Waals surface area contributed by atoms with Crippen molar-refractivity contribution in [3.05, 3.63) is 36.4 Å². The van der Waals surface area contributed by atoms with Crippen LogP contribution >= 0.6 is 0 Å². The maximum absolute atomic E-state index is 11.8. The molecule has 1 aromatic carbocycles. The monoisotopic (exact) mass is 244 g/mol. The summed E-state index contributed by atoms with van der Waals surface area (Å²) in [6.07, 6.45) is 2.58. The summed E-state index contributed by atoms with van der Waals surface area (Å²) in [4.78, 5) is 24.8. The minimum atomic E-state index is -0.249. The van der Waals surface area contributed by atoms with Gasteiger partial charge in [-0.1, -0.05) is 19.6 Å². The number of carbonyl (C=O) groups excluding carboxylic acids is 2. The van der Waals surface area contributed by atoms with Crippen LogP contribution in [-0.2, 0) is 16.0 Å². The van der Waals surface area contributed by atoms with E-state index in [9.17, 15) is 9.59 Å². The maximum Gasteiger partial charge on any atom is 0.247 e. The molecule has 0 spiro atoms. The minimum Gasteiger partial charge on any atom is -0.322 e. The molecule has 1 aliphatic rings. The van der Waals surface area contributed by atoms with Crippen molar-refractivity contribution in [1.29, 1.82) is 0 Å². The minimum absolute atomic E-state index is 0.112. The van der Waals surface area contributed by atoms with Crippen molar-refractivity contribution >= 4 is 23.2 Å². The van der Waals surface area contributed by atoms with Gasteiger partial charge in [0.25, 0.3) is 0 Å². The third-order valence-corrected chi connectivity index (χ3v) is 3.04. The molecule has 0 bridgehead atoms. The van der Waals surface area contributed by atoms with Gasteiger partial charge in [0.2, 0.25) is 11.8 Å². The molecule has 0 unspecified atom stereocenters. The van der Waals surface area contributed by atoms with Crippen LogP contribution in [0.4, 0.5) is 11.4 Å². The number of benzene rings is 1. The SMILES string of the molecule is C=CC(=O)Nc1ccc2c(c1)N(C(=O)CC)CC2. The molecule has 0 fully saturated rings. The highest BCUT2D eigenvalue weighted by Gasteiger charge is 2.23. The third-order valence-electron chi connectivity index (χ3n) is 3.04. The van der Waals surface area contributed by atoms with Crippen molar-refractivity contribution in [2.24, 2.45) is 0 Å². The van der Waals surface area contributed by atoms with Gasteiger partial charge in [-0.25, -0.2) is 0 Å². The quantitative estimate of drug-likeness (QED) is 0.828. The molecule has 18 heavy (non-hydrogen) atoms. The summed E-state index contributed by atoms with van der Waals surface area (Å²) in [7, 11) is 0. The zero-order chi connectivity index (χ0) is 13.1. The van der Waals surface area contributed by atoms with E-state index in [-0.39, 0.29) is 11.8 Å². The number of carbonyl (C=O) groups is 2. The molecular formula is C14H16N2O2. The van der Waals surface area contributed by atoms with Gasteiger partial charge in [0.15, 0.2) is 0 Å². The fraction of sp³-hybridized carbons (Fsp3) is 0.286. The van der Waals surface area contributed by atoms with E-state index in [1.807, 2.05) is 25.1 Å². The van der Waals surface area contributed by atoms with Gasteiger partial charge < -0.3 is 10.2 Å². The first-order chi connectivity index (χ1) is 8.65. The first-order valence-corrected chi connectivity index (χ1v) is 6.02. The Morgan fingerprint density at radius 2 is 2.28 bits per heavy atom. The summed E-state index contributed by atoms with van der Waals surface area (Å²) in [5, 5.41) is 2.70. The number of amides is 2. The Kier molecular flexibility index (Phi) is 3.46. The molecule has 0 saturated carbocycles. The molecule has 1 aromatic rings. The molecule has 2 rings (SSSR count). The molecule has 0 aromatic heterocycles. The molecule has 2 amide bonds. The second-order valence-electron chi connectivity index (χ2n) is 4.19. The Morgan fingerprint density at radius 3 is 2.94 bits per heavy atom. The standard InChI is InChI=1S/C14H16N2O2/c1-3-13(17)15-11-6-5-10-7-8-16(12(10)9-11)14(18)4-2/h3,5-6,9H,1,4,7-8H2,2H3,(H,15,17). The van der Waals surface area contributed by atoms with Gasteiger partial charge in [-0.15, -0.1) is 0 Å². The van der Waals surface area contributed by atoms with Crippen LogP contribution in [0.5, 0.6) is 0 Å². The molecule has 4 nitrogen and oxygen atoms in total. The van der Waals surface area contributed by atoms with Crippen LogP contribution in [0.15, 0.2) is 30.9 Å². The first-order valence-electron chi connectivity index (χ1n) is 6.02. The lowest BCUT2D eigenvalue weighted by Crippen LogP contribution is -2.27. The summed E-state index contributed by atoms with van der Waals surface area (Å²) < 4.78 is 0. The zero-order valence-corrected chi connectivity index (χ0v) is 10.4. The van der Waals surface area contributed by atoms with Gasteiger partial charge in [-0.3, -0.25) is 9.59 Å². The molecule has 94 valence electrons. The van der Waals surface area contributed by atoms with E-state index >= 15 is 0 Å². The van der Waals surface area contributed by atoms with Crippen molar-refractivity contribution < 1.29 is 9.59 Å². The normalized spacial score (nSPS) is 13.1. The van der Waals surface area contributed by atoms with E-state index in [4.69, 9.17) is 0 Å². The van der Waals surface area contributed by atoms with Crippen LogP contribution in [-0.4, -0.2) is 18.4 Å². The summed E-state index contributed by atoms with van der Waals surface area (Å²) in [5.41, 5.74) is 2.74. The van der Waals surface area contributed by atoms with Gasteiger partial charge in [0.1, 0.15) is 0 Å². The number of nitrogens with zero attached hydrogens (tertiary/aromatic N) is 1. The fourth-order valence-electron chi connectivity index (χ4n) is 2.10. The third kappa shape index (κ3) is 2.27. The second kappa shape index (κ2) is 5.04. The van der Waals surface area contributed by atoms with Crippen molar-refractivity contribution in [3.63, 3.8) is 0 Å². The number of anilines is 2. The van der Waals surface area contributed by atoms with Crippen molar-refractivity contribution in [3.8, 4) is 0 Å². The van der Waals surface area contributed by atoms with E-state index in [2.05, 4.69) is 11.9 Å². The number of rotatable bonds is 3. The molecule has 1 aliphatic heterocycles. The highest BCUT2D eigenvalue weighted by Crippen LogP contribution is 2.31. The zero-order valence-electron chi connectivity index (χ0n) is 10.4. The van der Waals surface area contributed by atoms with Gasteiger partial charge in [0, 0.05) is 24.3 Å². The molecule has 0 atom stereocenters. The molecule has 0 aliphatic carbocycles. The number of hydrogen-bond acceptors (Lipinski definition) is 2. The Hall–Kier alpha value is -2.10. The maximum atomic E-state index is 11.8. The van der Waals surface area contributed by atoms with E-state index in [0.29, 0.717) is 12.1 Å². The highest BCUT2D eigenvalue weighted by atomic mass is 16.2. The number of hydrogen-bond donors (Lipinski definition) is 1. The van der Waals surface area contributed by atoms with Crippen LogP contribution in [0.3, 0.4) is 0 Å². The average molecular weight is 244 g/mol. The highest BCUT2D eigenvalue weighted by molar-refractivity contribution is 6.00. The van der Waals surface area contributed by atoms with Crippen molar-refractivity contribution in [2.75, 3.05) is 16.8 Å². The smallest absolute Gasteiger partial charge is 0.247 e. The number of nitrogens with one attached hydrogen (secondary N) is 1. The predicted molar refractivity (Wildman–Crippen MR) is 71.6 cm³/mol. The summed E-state index contributed by atoms with van der Waals surface area (Å²) >= 11 is 0. The van der Waals surface area contributed by atoms with Crippen LogP contribution in [0.1, 0.15) is 18.9 Å². The molecule has 4 heteroatoms. The topological polar surface area (TPSA) is 49.4 Å². The lowest BCUT2D eigenvalue weighted by molar-refractivity contribution is -0.118. The van der Waals surface area contributed by atoms with Gasteiger partial charge in [-0.05, 0) is 30.2 Å². The van der Waals surface area contributed by atoms with Crippen LogP contribution in [0, 0.1) is 0 Å². The van der Waals surface area contributed by atoms with Crippen LogP contribution in [0.2, 0.25) is 0 Å². The molecule has 1 heterocycles. The van der Waals surface area contributed by atoms with E-state index in [1.54, 1.807) is 4.90 Å². The van der Waals surface area contributed by atoms with Crippen molar-refractivity contribution in [2.45, 2.75) is 19.8 Å². The van der Waals surface area contributed by atoms with Crippen LogP contribution < -0.4 is 10.2 Å². The average Bonchev–Trinajstić information content (AvgIpc) is 2.80.